The molecule has 23 aliphatic heterocycles. The molecule has 0 radical (unpaired) electrons. The fraction of sp³-hybridized carbons (Fsp3) is 0.973. The summed E-state index contributed by atoms with van der Waals surface area (Å²) in [4.78, 5) is 32.5. The molecular weight excluding hydrogens is 972 g/mol. The van der Waals surface area contributed by atoms with E-state index in [4.69, 9.17) is 66.6 Å². The lowest BCUT2D eigenvalue weighted by Gasteiger charge is -2.50. The van der Waals surface area contributed by atoms with Crippen molar-refractivity contribution >= 4 is 6.16 Å². The van der Waals surface area contributed by atoms with Crippen molar-refractivity contribution in [2.75, 3.05) is 39.6 Å². The number of carbonyl (C=O) groups is 1. The lowest BCUT2D eigenvalue weighted by Crippen LogP contribution is -2.69. The molecule has 0 aliphatic carbocycles. The third kappa shape index (κ3) is 10.4. The Morgan fingerprint density at radius 3 is 0.686 bits per heavy atom. The highest BCUT2D eigenvalue weighted by Gasteiger charge is 2.60. The zero-order valence-electron chi connectivity index (χ0n) is 36.2. The number of aliphatic hydroxyl groups is 16. The number of ether oxygens (including phenoxy) is 12. The molecule has 30 atom stereocenters. The second-order valence-electron chi connectivity index (χ2n) is 17.4. The first-order chi connectivity index (χ1) is 33.5. The standard InChI is InChI=1S/C37H58O33/c38-1-7-23-14(45)18(49)32(56-7)63-25-9(3-40)58-34(20(51)16(25)47)65-27-11(5-42)60-36-22(53)30(27)68-70-37(54)69-67-29-21(52)35(59-12(6-43)28(29)66-36)64-26-10(4-41)57-33(19(50)15(26)46)62-24-8(2-39)55-31(61-23)17(48)13(24)44/h7-36,38-53H,1-6H2/t7-,8-,9-,10-,11-,12-,13-,14-,15-,16-,17-,18-,19-,20-,21-,22-,23-,24-,25-,26-,27+,28+,29-,30-,31-,32-,33-,34-,35-,36-/m1/s1. The molecule has 404 valence electrons. The highest BCUT2D eigenvalue weighted by atomic mass is 17.3. The van der Waals surface area contributed by atoms with Crippen LogP contribution in [0.5, 0.6) is 0 Å². The van der Waals surface area contributed by atoms with E-state index in [1.54, 1.807) is 0 Å². The molecule has 70 heavy (non-hydrogen) atoms. The molecule has 23 fully saturated rings. The Morgan fingerprint density at radius 2 is 0.457 bits per heavy atom. The summed E-state index contributed by atoms with van der Waals surface area (Å²) in [5.74, 6) is 0. The van der Waals surface area contributed by atoms with Crippen molar-refractivity contribution in [3.05, 3.63) is 0 Å². The van der Waals surface area contributed by atoms with Crippen LogP contribution in [0, 0.1) is 0 Å². The zero-order chi connectivity index (χ0) is 50.5. The van der Waals surface area contributed by atoms with Crippen LogP contribution in [0.3, 0.4) is 0 Å². The first-order valence-electron chi connectivity index (χ1n) is 22.0. The number of hydrogen-bond donors (Lipinski definition) is 16. The zero-order valence-corrected chi connectivity index (χ0v) is 36.2. The van der Waals surface area contributed by atoms with Gasteiger partial charge in [0.1, 0.15) is 134 Å². The molecule has 23 heterocycles. The third-order valence-corrected chi connectivity index (χ3v) is 13.1. The predicted molar refractivity (Wildman–Crippen MR) is 201 cm³/mol. The van der Waals surface area contributed by atoms with Crippen molar-refractivity contribution in [1.29, 1.82) is 0 Å². The highest BCUT2D eigenvalue weighted by molar-refractivity contribution is 5.58. The Bertz CT molecular complexity index is 1680. The SMILES string of the molecule is O=C1OO[C@@H]2[C@@H](O)[C@H]3O[C@@H]4[C@H](OO1)[C@@H](O)[C@@H](O[C@H]1[C@H](O)[C@@H](O)[C@@H](O[C@H]5[C@H](O)[C@@H](O)[C@@H](O[C@H]6[C@H](O)[C@@H](O)[C@@H](O[C@H]7[C@H](O)[C@@H](O)[C@@H](O[C@H]2[C@@H](CO)O3)O[C@@H]7CO)O[C@@H]6CO)O[C@@H]5CO)O[C@@H]1CO)O[C@@H]4CO. The number of hydrogen-bond acceptors (Lipinski definition) is 33. The van der Waals surface area contributed by atoms with Crippen LogP contribution in [-0.4, -0.2) is 312 Å². The maximum Gasteiger partial charge on any atom is 0.573 e. The molecule has 0 aromatic carbocycles. The minimum Gasteiger partial charge on any atom is -0.394 e. The van der Waals surface area contributed by atoms with Gasteiger partial charge < -0.3 is 139 Å². The van der Waals surface area contributed by atoms with Gasteiger partial charge in [-0.05, 0) is 0 Å². The van der Waals surface area contributed by atoms with Crippen molar-refractivity contribution in [2.45, 2.75) is 184 Å². The fourth-order valence-electron chi connectivity index (χ4n) is 9.32. The van der Waals surface area contributed by atoms with Crippen LogP contribution in [0.15, 0.2) is 0 Å². The largest absolute Gasteiger partial charge is 0.573 e. The topological polar surface area (TPSA) is 488 Å². The third-order valence-electron chi connectivity index (χ3n) is 13.1. The molecule has 0 saturated carbocycles. The maximum absolute atomic E-state index is 12.8. The summed E-state index contributed by atoms with van der Waals surface area (Å²) in [5.41, 5.74) is 0. The molecule has 0 aromatic heterocycles. The summed E-state index contributed by atoms with van der Waals surface area (Å²) in [6.45, 7) is -6.18. The van der Waals surface area contributed by atoms with Crippen LogP contribution < -0.4 is 0 Å². The maximum atomic E-state index is 12.8. The van der Waals surface area contributed by atoms with Crippen LogP contribution in [0.25, 0.3) is 0 Å². The van der Waals surface area contributed by atoms with Crippen LogP contribution in [0.2, 0.25) is 0 Å². The van der Waals surface area contributed by atoms with Gasteiger partial charge in [0.2, 0.25) is 0 Å². The lowest BCUT2D eigenvalue weighted by molar-refractivity contribution is -0.418. The van der Waals surface area contributed by atoms with Crippen molar-refractivity contribution < 1.29 is 163 Å². The van der Waals surface area contributed by atoms with E-state index < -0.39 is 230 Å². The van der Waals surface area contributed by atoms with E-state index in [1.165, 1.54) is 0 Å². The Balaban J connectivity index is 1.14. The quantitative estimate of drug-likeness (QED) is 0.110. The molecule has 0 unspecified atom stereocenters. The van der Waals surface area contributed by atoms with E-state index >= 15 is 0 Å². The highest BCUT2D eigenvalue weighted by Crippen LogP contribution is 2.39. The average Bonchev–Trinajstić information content (AvgIpc) is 3.36. The van der Waals surface area contributed by atoms with E-state index in [9.17, 15) is 86.5 Å². The van der Waals surface area contributed by atoms with Crippen molar-refractivity contribution in [2.24, 2.45) is 0 Å². The van der Waals surface area contributed by atoms with Gasteiger partial charge in [-0.3, -0.25) is 9.78 Å². The Kier molecular flexibility index (Phi) is 17.8. The van der Waals surface area contributed by atoms with Gasteiger partial charge in [0.25, 0.3) is 0 Å². The molecule has 0 spiro atoms. The van der Waals surface area contributed by atoms with Gasteiger partial charge >= 0.3 is 6.16 Å². The summed E-state index contributed by atoms with van der Waals surface area (Å²) in [6, 6.07) is 0. The molecular formula is C37H58O33. The number of aliphatic hydroxyl groups excluding tert-OH is 16. The Morgan fingerprint density at radius 1 is 0.257 bits per heavy atom. The summed E-state index contributed by atoms with van der Waals surface area (Å²) >= 11 is 0. The fourth-order valence-corrected chi connectivity index (χ4v) is 9.32. The van der Waals surface area contributed by atoms with Crippen molar-refractivity contribution in [3.63, 3.8) is 0 Å². The van der Waals surface area contributed by atoms with E-state index in [0.717, 1.165) is 0 Å². The van der Waals surface area contributed by atoms with Gasteiger partial charge in [-0.1, -0.05) is 0 Å². The summed E-state index contributed by atoms with van der Waals surface area (Å²) < 4.78 is 68.9. The van der Waals surface area contributed by atoms with Crippen LogP contribution in [-0.2, 0) is 76.4 Å². The predicted octanol–water partition coefficient (Wildman–Crippen LogP) is -12.0. The van der Waals surface area contributed by atoms with Crippen LogP contribution in [0.1, 0.15) is 0 Å². The summed E-state index contributed by atoms with van der Waals surface area (Å²) in [6.07, 6.45) is -61.2. The van der Waals surface area contributed by atoms with Gasteiger partial charge in [-0.2, -0.15) is 14.6 Å². The van der Waals surface area contributed by atoms with Crippen LogP contribution in [0.4, 0.5) is 4.79 Å². The molecule has 14 bridgehead atoms. The number of carbonyl (C=O) groups excluding carboxylic acids is 1. The molecule has 0 aromatic rings. The molecule has 33 nitrogen and oxygen atoms in total. The lowest BCUT2D eigenvalue weighted by atomic mass is 9.94. The first kappa shape index (κ1) is 54.3. The van der Waals surface area contributed by atoms with E-state index in [-0.39, 0.29) is 0 Å². The molecule has 16 N–H and O–H groups in total. The van der Waals surface area contributed by atoms with Gasteiger partial charge in [-0.15, -0.1) is 0 Å². The molecule has 23 rings (SSSR count). The first-order valence-corrected chi connectivity index (χ1v) is 22.0. The average molecular weight is 1030 g/mol. The smallest absolute Gasteiger partial charge is 0.394 e. The minimum atomic E-state index is -2.21. The monoisotopic (exact) mass is 1030 g/mol. The Hall–Kier alpha value is -1.93. The van der Waals surface area contributed by atoms with Crippen molar-refractivity contribution in [3.8, 4) is 0 Å². The normalized spacial score (nSPS) is 53.8. The van der Waals surface area contributed by atoms with Gasteiger partial charge in [0, 0.05) is 0 Å². The van der Waals surface area contributed by atoms with Crippen molar-refractivity contribution in [1.82, 2.24) is 0 Å². The van der Waals surface area contributed by atoms with Crippen LogP contribution >= 0.6 is 0 Å². The minimum absolute atomic E-state index is 1.02. The molecule has 23 aliphatic rings. The van der Waals surface area contributed by atoms with Gasteiger partial charge in [-0.25, -0.2) is 0 Å². The molecule has 0 amide bonds. The second-order valence-corrected chi connectivity index (χ2v) is 17.4. The Labute approximate surface area is 392 Å². The summed E-state index contributed by atoms with van der Waals surface area (Å²) in [7, 11) is 0. The summed E-state index contributed by atoms with van der Waals surface area (Å²) in [5, 5.41) is 176. The van der Waals surface area contributed by atoms with E-state index in [2.05, 4.69) is 9.78 Å². The van der Waals surface area contributed by atoms with E-state index in [0.29, 0.717) is 0 Å². The van der Waals surface area contributed by atoms with Gasteiger partial charge in [0.15, 0.2) is 49.9 Å². The molecule has 33 heteroatoms. The second kappa shape index (κ2) is 22.9. The number of rotatable bonds is 6. The molecule has 23 saturated heterocycles. The van der Waals surface area contributed by atoms with E-state index in [1.807, 2.05) is 0 Å². The van der Waals surface area contributed by atoms with Gasteiger partial charge in [0.05, 0.1) is 39.6 Å².